The lowest BCUT2D eigenvalue weighted by molar-refractivity contribution is 1.17. The van der Waals surface area contributed by atoms with E-state index in [2.05, 4.69) is 167 Å². The van der Waals surface area contributed by atoms with Crippen molar-refractivity contribution >= 4 is 54.4 Å². The Morgan fingerprint density at radius 3 is 1.67 bits per heavy atom. The van der Waals surface area contributed by atoms with Gasteiger partial charge in [-0.05, 0) is 64.9 Å². The van der Waals surface area contributed by atoms with Crippen molar-refractivity contribution in [1.82, 2.24) is 9.13 Å². The van der Waals surface area contributed by atoms with Gasteiger partial charge in [-0.1, -0.05) is 109 Å². The third kappa shape index (κ3) is 3.27. The van der Waals surface area contributed by atoms with Crippen molar-refractivity contribution in [2.75, 3.05) is 0 Å². The first-order valence-electron chi connectivity index (χ1n) is 14.5. The largest absolute Gasteiger partial charge is 0.309 e. The number of fused-ring (bicyclic) bond motifs is 7. The molecule has 9 rings (SSSR count). The van der Waals surface area contributed by atoms with Gasteiger partial charge in [0, 0.05) is 38.5 Å². The molecule has 2 heteroatoms. The van der Waals surface area contributed by atoms with Crippen molar-refractivity contribution < 1.29 is 0 Å². The molecule has 0 fully saturated rings. The second-order valence-electron chi connectivity index (χ2n) is 11.0. The number of benzene rings is 7. The number of para-hydroxylation sites is 3. The molecule has 0 N–H and O–H groups in total. The van der Waals surface area contributed by atoms with Gasteiger partial charge in [-0.25, -0.2) is 0 Å². The Balaban J connectivity index is 1.44. The molecule has 196 valence electrons. The SMILES string of the molecule is c1ccc(-c2c3ccccc3cc3c4ccccc4n(-c4ccc5c(c4)c4ccccc4n5-c4ccccc4)c23)cc1. The summed E-state index contributed by atoms with van der Waals surface area (Å²) in [4.78, 5) is 0. The Kier molecular flexibility index (Phi) is 4.93. The summed E-state index contributed by atoms with van der Waals surface area (Å²) in [5, 5.41) is 7.57. The normalized spacial score (nSPS) is 11.8. The Hall–Kier alpha value is -5.60. The Morgan fingerprint density at radius 2 is 0.905 bits per heavy atom. The van der Waals surface area contributed by atoms with Crippen molar-refractivity contribution in [2.45, 2.75) is 0 Å². The van der Waals surface area contributed by atoms with Crippen molar-refractivity contribution in [1.29, 1.82) is 0 Å². The lowest BCUT2D eigenvalue weighted by atomic mass is 9.95. The molecule has 0 aliphatic rings. The summed E-state index contributed by atoms with van der Waals surface area (Å²) < 4.78 is 4.86. The van der Waals surface area contributed by atoms with Crippen LogP contribution in [0, 0.1) is 0 Å². The molecule has 0 spiro atoms. The van der Waals surface area contributed by atoms with Gasteiger partial charge in [0.15, 0.2) is 0 Å². The molecular weight excluding hydrogens is 508 g/mol. The molecule has 0 bridgehead atoms. The number of rotatable bonds is 3. The van der Waals surface area contributed by atoms with E-state index in [4.69, 9.17) is 0 Å². The number of nitrogens with zero attached hydrogens (tertiary/aromatic N) is 2. The topological polar surface area (TPSA) is 9.86 Å². The third-order valence-corrected chi connectivity index (χ3v) is 8.67. The van der Waals surface area contributed by atoms with Crippen LogP contribution in [0.1, 0.15) is 0 Å². The van der Waals surface area contributed by atoms with Gasteiger partial charge in [0.25, 0.3) is 0 Å². The first-order valence-corrected chi connectivity index (χ1v) is 14.5. The summed E-state index contributed by atoms with van der Waals surface area (Å²) in [5.41, 5.74) is 9.72. The fourth-order valence-electron chi connectivity index (χ4n) is 6.91. The fourth-order valence-corrected chi connectivity index (χ4v) is 6.91. The summed E-state index contributed by atoms with van der Waals surface area (Å²) in [6, 6.07) is 57.2. The summed E-state index contributed by atoms with van der Waals surface area (Å²) in [6.45, 7) is 0. The number of aromatic nitrogens is 2. The molecule has 0 unspecified atom stereocenters. The number of hydrogen-bond donors (Lipinski definition) is 0. The van der Waals surface area contributed by atoms with Crippen LogP contribution in [-0.2, 0) is 0 Å². The van der Waals surface area contributed by atoms with Crippen LogP contribution in [-0.4, -0.2) is 9.13 Å². The zero-order chi connectivity index (χ0) is 27.6. The maximum Gasteiger partial charge on any atom is 0.0625 e. The van der Waals surface area contributed by atoms with Crippen LogP contribution in [0.25, 0.3) is 76.9 Å². The summed E-state index contributed by atoms with van der Waals surface area (Å²) >= 11 is 0. The Labute approximate surface area is 243 Å². The van der Waals surface area contributed by atoms with E-state index in [-0.39, 0.29) is 0 Å². The van der Waals surface area contributed by atoms with Crippen LogP contribution in [0.3, 0.4) is 0 Å². The van der Waals surface area contributed by atoms with E-state index in [9.17, 15) is 0 Å². The molecule has 0 aliphatic carbocycles. The molecule has 0 amide bonds. The van der Waals surface area contributed by atoms with Crippen LogP contribution in [0.4, 0.5) is 0 Å². The number of hydrogen-bond acceptors (Lipinski definition) is 0. The first-order chi connectivity index (χ1) is 20.9. The molecule has 2 aromatic heterocycles. The minimum atomic E-state index is 1.16. The summed E-state index contributed by atoms with van der Waals surface area (Å²) in [6.07, 6.45) is 0. The zero-order valence-electron chi connectivity index (χ0n) is 22.9. The highest BCUT2D eigenvalue weighted by atomic mass is 15.0. The van der Waals surface area contributed by atoms with Crippen molar-refractivity contribution in [3.05, 3.63) is 158 Å². The van der Waals surface area contributed by atoms with Gasteiger partial charge in [0.1, 0.15) is 0 Å². The van der Waals surface area contributed by atoms with Crippen molar-refractivity contribution in [2.24, 2.45) is 0 Å². The highest BCUT2D eigenvalue weighted by molar-refractivity contribution is 6.21. The molecule has 0 radical (unpaired) electrons. The van der Waals surface area contributed by atoms with Gasteiger partial charge < -0.3 is 9.13 Å². The van der Waals surface area contributed by atoms with E-state index >= 15 is 0 Å². The van der Waals surface area contributed by atoms with Crippen LogP contribution in [0.2, 0.25) is 0 Å². The second-order valence-corrected chi connectivity index (χ2v) is 11.0. The van der Waals surface area contributed by atoms with Gasteiger partial charge in [-0.3, -0.25) is 0 Å². The molecule has 2 heterocycles. The minimum absolute atomic E-state index is 1.16. The van der Waals surface area contributed by atoms with Gasteiger partial charge in [-0.15, -0.1) is 0 Å². The van der Waals surface area contributed by atoms with Crippen LogP contribution < -0.4 is 0 Å². The van der Waals surface area contributed by atoms with Gasteiger partial charge in [0.05, 0.1) is 22.1 Å². The minimum Gasteiger partial charge on any atom is -0.309 e. The quantitative estimate of drug-likeness (QED) is 0.213. The molecule has 0 saturated carbocycles. The monoisotopic (exact) mass is 534 g/mol. The molecule has 2 nitrogen and oxygen atoms in total. The van der Waals surface area contributed by atoms with Crippen LogP contribution in [0.15, 0.2) is 158 Å². The van der Waals surface area contributed by atoms with Crippen molar-refractivity contribution in [3.63, 3.8) is 0 Å². The molecule has 0 atom stereocenters. The molecule has 7 aromatic carbocycles. The Bertz CT molecular complexity index is 2440. The van der Waals surface area contributed by atoms with Gasteiger partial charge >= 0.3 is 0 Å². The molecule has 42 heavy (non-hydrogen) atoms. The van der Waals surface area contributed by atoms with Gasteiger partial charge in [0.2, 0.25) is 0 Å². The predicted octanol–water partition coefficient (Wildman–Crippen LogP) is 10.7. The van der Waals surface area contributed by atoms with Crippen LogP contribution >= 0.6 is 0 Å². The average Bonchev–Trinajstić information content (AvgIpc) is 3.57. The lowest BCUT2D eigenvalue weighted by Gasteiger charge is -2.15. The van der Waals surface area contributed by atoms with Crippen LogP contribution in [0.5, 0.6) is 0 Å². The predicted molar refractivity (Wildman–Crippen MR) is 178 cm³/mol. The van der Waals surface area contributed by atoms with E-state index in [0.29, 0.717) is 0 Å². The van der Waals surface area contributed by atoms with E-state index in [1.54, 1.807) is 0 Å². The fraction of sp³-hybridized carbons (Fsp3) is 0. The maximum absolute atomic E-state index is 2.48. The van der Waals surface area contributed by atoms with E-state index in [1.165, 1.54) is 71.2 Å². The zero-order valence-corrected chi connectivity index (χ0v) is 22.9. The standard InChI is InChI=1S/C40H26N2/c1-3-13-27(14-4-1)39-31-18-8-7-15-28(31)25-35-33-20-10-12-22-37(33)42(40(35)39)30-23-24-38-34(26-30)32-19-9-11-21-36(32)41(38)29-16-5-2-6-17-29/h1-26H. The highest BCUT2D eigenvalue weighted by Crippen LogP contribution is 2.43. The molecular formula is C40H26N2. The third-order valence-electron chi connectivity index (χ3n) is 8.67. The van der Waals surface area contributed by atoms with Gasteiger partial charge in [-0.2, -0.15) is 0 Å². The van der Waals surface area contributed by atoms with E-state index in [1.807, 2.05) is 0 Å². The average molecular weight is 535 g/mol. The van der Waals surface area contributed by atoms with E-state index in [0.717, 1.165) is 5.69 Å². The van der Waals surface area contributed by atoms with E-state index < -0.39 is 0 Å². The second kappa shape index (κ2) is 8.95. The van der Waals surface area contributed by atoms with Crippen molar-refractivity contribution in [3.8, 4) is 22.5 Å². The first kappa shape index (κ1) is 23.1. The Morgan fingerprint density at radius 1 is 0.333 bits per heavy atom. The summed E-state index contributed by atoms with van der Waals surface area (Å²) in [7, 11) is 0. The maximum atomic E-state index is 2.48. The lowest BCUT2D eigenvalue weighted by Crippen LogP contribution is -1.97. The molecule has 0 aliphatic heterocycles. The molecule has 9 aromatic rings. The molecule has 0 saturated heterocycles. The summed E-state index contributed by atoms with van der Waals surface area (Å²) in [5.74, 6) is 0. The smallest absolute Gasteiger partial charge is 0.0625 e. The highest BCUT2D eigenvalue weighted by Gasteiger charge is 2.20.